The van der Waals surface area contributed by atoms with E-state index in [1.165, 1.54) is 12.7 Å². The van der Waals surface area contributed by atoms with Crippen molar-refractivity contribution in [3.05, 3.63) is 60.1 Å². The van der Waals surface area contributed by atoms with Gasteiger partial charge < -0.3 is 23.8 Å². The van der Waals surface area contributed by atoms with Gasteiger partial charge in [-0.15, -0.1) is 6.42 Å². The maximum atomic E-state index is 17.3. The topological polar surface area (TPSA) is 102 Å². The first-order valence-corrected chi connectivity index (χ1v) is 18.8. The highest BCUT2D eigenvalue weighted by Crippen LogP contribution is 2.42. The molecule has 54 heavy (non-hydrogen) atoms. The van der Waals surface area contributed by atoms with E-state index >= 15 is 4.39 Å². The molecule has 8 rings (SSSR count). The van der Waals surface area contributed by atoms with Crippen LogP contribution in [0.2, 0.25) is 0 Å². The summed E-state index contributed by atoms with van der Waals surface area (Å²) in [5.41, 5.74) is 1.65. The van der Waals surface area contributed by atoms with E-state index in [0.29, 0.717) is 53.2 Å². The third-order valence-corrected chi connectivity index (χ3v) is 11.3. The van der Waals surface area contributed by atoms with Crippen molar-refractivity contribution in [2.24, 2.45) is 0 Å². The smallest absolute Gasteiger partial charge is 0.410 e. The van der Waals surface area contributed by atoms with Gasteiger partial charge in [0.25, 0.3) is 0 Å². The van der Waals surface area contributed by atoms with Crippen molar-refractivity contribution in [2.75, 3.05) is 51.6 Å². The van der Waals surface area contributed by atoms with Crippen LogP contribution in [0.15, 0.2) is 48.7 Å². The average molecular weight is 735 g/mol. The molecule has 11 nitrogen and oxygen atoms in total. The SMILES string of the molecule is C#Cc1cccc2cc(OCOC)cc(-c3ncc4c(N5C[C@H]6CC[C@@H](C5)N6C(=O)OC(C)(C)C)nc(OCC56CCCN5CCC(=C)C6)nc4c3F)c12. The van der Waals surface area contributed by atoms with Crippen molar-refractivity contribution in [3.8, 4) is 35.4 Å². The number of hydrogen-bond acceptors (Lipinski definition) is 10. The summed E-state index contributed by atoms with van der Waals surface area (Å²) in [6, 6.07) is 9.08. The third kappa shape index (κ3) is 6.58. The molecule has 4 aromatic rings. The third-order valence-electron chi connectivity index (χ3n) is 11.3. The lowest BCUT2D eigenvalue weighted by molar-refractivity contribution is 0.0122. The molecule has 1 unspecified atom stereocenters. The van der Waals surface area contributed by atoms with Gasteiger partial charge in [-0.25, -0.2) is 9.18 Å². The molecule has 3 atom stereocenters. The standard InChI is InChI=1S/C42H47FN6O5/c1-7-27-10-8-11-28-18-31(53-25-51-6)19-32(34(27)28)36-35(43)37-33(21-44-36)38(47-22-29-12-13-30(23-47)49(29)40(50)54-41(3,4)5)46-39(45-37)52-24-42-15-9-16-48(42)17-14-26(2)20-42/h1,8,10-11,18-19,21,29-30H,2,9,12-17,20,22-25H2,3-6H3/t29-,30+,42?. The van der Waals surface area contributed by atoms with Crippen LogP contribution in [0.3, 0.4) is 0 Å². The second kappa shape index (κ2) is 14.0. The number of nitrogens with zero attached hydrogens (tertiary/aromatic N) is 6. The Hall–Kier alpha value is -4.99. The fraction of sp³-hybridized carbons (Fsp3) is 0.476. The van der Waals surface area contributed by atoms with E-state index in [0.717, 1.165) is 57.0 Å². The number of amides is 1. The molecule has 0 spiro atoms. The van der Waals surface area contributed by atoms with Gasteiger partial charge in [0.15, 0.2) is 12.6 Å². The van der Waals surface area contributed by atoms with E-state index in [-0.39, 0.29) is 47.7 Å². The van der Waals surface area contributed by atoms with Gasteiger partial charge in [-0.3, -0.25) is 14.8 Å². The molecule has 4 saturated heterocycles. The lowest BCUT2D eigenvalue weighted by Crippen LogP contribution is -2.57. The normalized spacial score (nSPS) is 22.8. The van der Waals surface area contributed by atoms with E-state index in [1.54, 1.807) is 12.3 Å². The fourth-order valence-electron chi connectivity index (χ4n) is 8.93. The number of methoxy groups -OCH3 is 1. The van der Waals surface area contributed by atoms with Crippen molar-refractivity contribution in [2.45, 2.75) is 82.5 Å². The van der Waals surface area contributed by atoms with Gasteiger partial charge in [0.1, 0.15) is 35.0 Å². The zero-order valence-corrected chi connectivity index (χ0v) is 31.5. The van der Waals surface area contributed by atoms with Gasteiger partial charge in [0.05, 0.1) is 23.0 Å². The highest BCUT2D eigenvalue weighted by Gasteiger charge is 2.46. The summed E-state index contributed by atoms with van der Waals surface area (Å²) in [5.74, 6) is 3.13. The van der Waals surface area contributed by atoms with Gasteiger partial charge in [-0.2, -0.15) is 9.97 Å². The number of anilines is 1. The second-order valence-corrected chi connectivity index (χ2v) is 16.0. The summed E-state index contributed by atoms with van der Waals surface area (Å²) in [7, 11) is 1.54. The molecule has 282 valence electrons. The monoisotopic (exact) mass is 734 g/mol. The maximum absolute atomic E-state index is 17.3. The Labute approximate surface area is 315 Å². The molecular formula is C42H47FN6O5. The molecule has 0 aliphatic carbocycles. The molecule has 4 fully saturated rings. The van der Waals surface area contributed by atoms with Gasteiger partial charge in [-0.1, -0.05) is 30.2 Å². The summed E-state index contributed by atoms with van der Waals surface area (Å²) in [4.78, 5) is 34.3. The maximum Gasteiger partial charge on any atom is 0.410 e. The summed E-state index contributed by atoms with van der Waals surface area (Å²) in [6.45, 7) is 13.3. The van der Waals surface area contributed by atoms with E-state index in [9.17, 15) is 4.79 Å². The van der Waals surface area contributed by atoms with Crippen molar-refractivity contribution >= 4 is 33.6 Å². The quantitative estimate of drug-likeness (QED) is 0.106. The zero-order chi connectivity index (χ0) is 37.8. The highest BCUT2D eigenvalue weighted by molar-refractivity contribution is 6.03. The fourth-order valence-corrected chi connectivity index (χ4v) is 8.93. The van der Waals surface area contributed by atoms with Crippen molar-refractivity contribution in [1.82, 2.24) is 24.8 Å². The summed E-state index contributed by atoms with van der Waals surface area (Å²) in [5, 5.41) is 1.90. The van der Waals surface area contributed by atoms with Crippen LogP contribution >= 0.6 is 0 Å². The van der Waals surface area contributed by atoms with E-state index in [1.807, 2.05) is 49.9 Å². The number of pyridine rings is 1. The molecule has 0 saturated carbocycles. The number of halogens is 1. The van der Waals surface area contributed by atoms with Crippen molar-refractivity contribution in [1.29, 1.82) is 0 Å². The van der Waals surface area contributed by atoms with Gasteiger partial charge in [0.2, 0.25) is 0 Å². The number of terminal acetylenes is 1. The molecule has 2 bridgehead atoms. The van der Waals surface area contributed by atoms with E-state index in [2.05, 4.69) is 22.3 Å². The predicted molar refractivity (Wildman–Crippen MR) is 205 cm³/mol. The number of piperazine rings is 1. The number of hydrogen-bond donors (Lipinski definition) is 0. The molecule has 4 aliphatic rings. The van der Waals surface area contributed by atoms with Crippen LogP contribution in [0.1, 0.15) is 64.9 Å². The lowest BCUT2D eigenvalue weighted by Gasteiger charge is -2.43. The number of ether oxygens (including phenoxy) is 4. The largest absolute Gasteiger partial charge is 0.468 e. The van der Waals surface area contributed by atoms with E-state index in [4.69, 9.17) is 40.3 Å². The van der Waals surface area contributed by atoms with Gasteiger partial charge in [0, 0.05) is 49.5 Å². The molecule has 2 aromatic carbocycles. The minimum atomic E-state index is -0.625. The summed E-state index contributed by atoms with van der Waals surface area (Å²) >= 11 is 0. The molecule has 4 aliphatic heterocycles. The van der Waals surface area contributed by atoms with Crippen LogP contribution < -0.4 is 14.4 Å². The van der Waals surface area contributed by atoms with Crippen LogP contribution in [0.25, 0.3) is 32.9 Å². The number of carbonyl (C=O) groups is 1. The minimum Gasteiger partial charge on any atom is -0.468 e. The Bertz CT molecular complexity index is 2170. The molecular weight excluding hydrogens is 687 g/mol. The molecule has 12 heteroatoms. The first-order valence-electron chi connectivity index (χ1n) is 18.8. The Morgan fingerprint density at radius 2 is 1.93 bits per heavy atom. The lowest BCUT2D eigenvalue weighted by atomic mass is 9.85. The Balaban J connectivity index is 1.23. The average Bonchev–Trinajstić information content (AvgIpc) is 3.68. The van der Waals surface area contributed by atoms with Crippen LogP contribution in [0.4, 0.5) is 15.0 Å². The Kier molecular flexibility index (Phi) is 9.35. The Morgan fingerprint density at radius 1 is 1.13 bits per heavy atom. The highest BCUT2D eigenvalue weighted by atomic mass is 19.1. The van der Waals surface area contributed by atoms with E-state index < -0.39 is 11.4 Å². The molecule has 1 amide bonds. The number of rotatable bonds is 8. The van der Waals surface area contributed by atoms with Gasteiger partial charge >= 0.3 is 12.1 Å². The minimum absolute atomic E-state index is 0.0140. The first-order chi connectivity index (χ1) is 26.0. The predicted octanol–water partition coefficient (Wildman–Crippen LogP) is 7.10. The molecule has 2 aromatic heterocycles. The van der Waals surface area contributed by atoms with Gasteiger partial charge in [-0.05, 0) is 89.4 Å². The zero-order valence-electron chi connectivity index (χ0n) is 31.5. The number of fused-ring (bicyclic) bond motifs is 5. The second-order valence-electron chi connectivity index (χ2n) is 16.0. The number of benzene rings is 2. The first kappa shape index (κ1) is 36.0. The van der Waals surface area contributed by atoms with Crippen LogP contribution in [-0.4, -0.2) is 101 Å². The van der Waals surface area contributed by atoms with Crippen LogP contribution in [0.5, 0.6) is 11.8 Å². The van der Waals surface area contributed by atoms with Crippen molar-refractivity contribution < 1.29 is 28.1 Å². The molecule has 0 N–H and O–H groups in total. The number of piperidine rings is 1. The summed E-state index contributed by atoms with van der Waals surface area (Å²) in [6.07, 6.45) is 12.8. The number of aromatic nitrogens is 3. The number of carbonyl (C=O) groups excluding carboxylic acids is 1. The Morgan fingerprint density at radius 3 is 2.67 bits per heavy atom. The van der Waals surface area contributed by atoms with Crippen molar-refractivity contribution in [3.63, 3.8) is 0 Å². The summed E-state index contributed by atoms with van der Waals surface area (Å²) < 4.78 is 40.7. The molecule has 0 radical (unpaired) electrons. The van der Waals surface area contributed by atoms with Crippen LogP contribution in [-0.2, 0) is 9.47 Å². The molecule has 6 heterocycles. The van der Waals surface area contributed by atoms with Crippen LogP contribution in [0, 0.1) is 18.2 Å².